The van der Waals surface area contributed by atoms with E-state index in [1.54, 1.807) is 80.6 Å². The van der Waals surface area contributed by atoms with Crippen LogP contribution < -0.4 is 9.47 Å². The highest BCUT2D eigenvalue weighted by molar-refractivity contribution is 7.91. The van der Waals surface area contributed by atoms with Gasteiger partial charge in [-0.2, -0.15) is 0 Å². The molecule has 0 saturated carbocycles. The number of ether oxygens (including phenoxy) is 2. The van der Waals surface area contributed by atoms with Crippen molar-refractivity contribution < 1.29 is 28.1 Å². The standard InChI is InChI=1S/C36H34O6S/c1-5-35(3,37)24-22-27-10-12-29(13-11-27)41-30-14-18-33(19-15-30)43(39,40)34-20-16-31(17-21-34)42-32-9-7-8-28(26-32)23-25-36(4,38)6-2/h7-21,26,37-38H,5-6H2,1-4H3. The normalized spacial score (nSPS) is 13.7. The van der Waals surface area contributed by atoms with E-state index in [4.69, 9.17) is 9.47 Å². The Hall–Kier alpha value is -4.53. The smallest absolute Gasteiger partial charge is 0.206 e. The second-order valence-electron chi connectivity index (χ2n) is 10.5. The lowest BCUT2D eigenvalue weighted by Crippen LogP contribution is -2.19. The van der Waals surface area contributed by atoms with Gasteiger partial charge >= 0.3 is 0 Å². The highest BCUT2D eigenvalue weighted by atomic mass is 32.2. The van der Waals surface area contributed by atoms with Crippen molar-refractivity contribution in [1.82, 2.24) is 0 Å². The fourth-order valence-electron chi connectivity index (χ4n) is 3.62. The van der Waals surface area contributed by atoms with Crippen LogP contribution >= 0.6 is 0 Å². The van der Waals surface area contributed by atoms with Crippen LogP contribution in [-0.4, -0.2) is 29.8 Å². The van der Waals surface area contributed by atoms with Gasteiger partial charge < -0.3 is 19.7 Å². The van der Waals surface area contributed by atoms with Gasteiger partial charge in [-0.05, 0) is 118 Å². The first kappa shape index (κ1) is 31.4. The average Bonchev–Trinajstić information content (AvgIpc) is 3.01. The molecule has 7 heteroatoms. The molecule has 2 atom stereocenters. The molecule has 0 spiro atoms. The third-order valence-corrected chi connectivity index (χ3v) is 8.54. The molecule has 4 rings (SSSR count). The van der Waals surface area contributed by atoms with Crippen molar-refractivity contribution in [3.63, 3.8) is 0 Å². The van der Waals surface area contributed by atoms with E-state index in [0.717, 1.165) is 5.56 Å². The first-order valence-corrected chi connectivity index (χ1v) is 15.4. The molecule has 6 nitrogen and oxygen atoms in total. The number of benzene rings is 4. The van der Waals surface area contributed by atoms with Gasteiger partial charge in [0.05, 0.1) is 9.79 Å². The lowest BCUT2D eigenvalue weighted by atomic mass is 10.0. The zero-order valence-corrected chi connectivity index (χ0v) is 25.4. The maximum Gasteiger partial charge on any atom is 0.206 e. The van der Waals surface area contributed by atoms with Crippen LogP contribution in [0.25, 0.3) is 0 Å². The summed E-state index contributed by atoms with van der Waals surface area (Å²) in [6.07, 6.45) is 1.05. The maximum absolute atomic E-state index is 13.2. The minimum absolute atomic E-state index is 0.133. The van der Waals surface area contributed by atoms with E-state index >= 15 is 0 Å². The van der Waals surface area contributed by atoms with Gasteiger partial charge in [0.1, 0.15) is 34.2 Å². The van der Waals surface area contributed by atoms with E-state index in [1.165, 1.54) is 24.3 Å². The maximum atomic E-state index is 13.2. The molecule has 2 unspecified atom stereocenters. The van der Waals surface area contributed by atoms with Crippen LogP contribution in [0.4, 0.5) is 0 Å². The van der Waals surface area contributed by atoms with Gasteiger partial charge in [0.25, 0.3) is 0 Å². The molecule has 4 aromatic rings. The van der Waals surface area contributed by atoms with Crippen LogP contribution in [0.5, 0.6) is 23.0 Å². The Morgan fingerprint density at radius 3 is 1.49 bits per heavy atom. The Morgan fingerprint density at radius 2 is 1.02 bits per heavy atom. The van der Waals surface area contributed by atoms with Gasteiger partial charge in [0.15, 0.2) is 0 Å². The summed E-state index contributed by atoms with van der Waals surface area (Å²) in [5.74, 6) is 13.7. The number of aliphatic hydroxyl groups is 2. The molecule has 0 saturated heterocycles. The summed E-state index contributed by atoms with van der Waals surface area (Å²) >= 11 is 0. The zero-order chi connectivity index (χ0) is 31.1. The third-order valence-electron chi connectivity index (χ3n) is 6.76. The van der Waals surface area contributed by atoms with E-state index in [2.05, 4.69) is 23.7 Å². The van der Waals surface area contributed by atoms with Gasteiger partial charge in [-0.25, -0.2) is 8.42 Å². The number of hydrogen-bond acceptors (Lipinski definition) is 6. The molecule has 0 aliphatic rings. The van der Waals surface area contributed by atoms with Crippen molar-refractivity contribution in [2.75, 3.05) is 0 Å². The van der Waals surface area contributed by atoms with E-state index in [0.29, 0.717) is 41.4 Å². The summed E-state index contributed by atoms with van der Waals surface area (Å²) in [6, 6.07) is 26.7. The first-order chi connectivity index (χ1) is 20.4. The molecular formula is C36H34O6S. The molecule has 0 aliphatic heterocycles. The van der Waals surface area contributed by atoms with Gasteiger partial charge in [-0.1, -0.05) is 43.6 Å². The van der Waals surface area contributed by atoms with Crippen LogP contribution in [0, 0.1) is 23.7 Å². The van der Waals surface area contributed by atoms with E-state index < -0.39 is 21.0 Å². The molecule has 0 aromatic heterocycles. The average molecular weight is 595 g/mol. The summed E-state index contributed by atoms with van der Waals surface area (Å²) in [5.41, 5.74) is -0.650. The van der Waals surface area contributed by atoms with Crippen molar-refractivity contribution in [3.05, 3.63) is 108 Å². The molecular weight excluding hydrogens is 560 g/mol. The Morgan fingerprint density at radius 1 is 0.605 bits per heavy atom. The number of sulfone groups is 1. The van der Waals surface area contributed by atoms with Crippen LogP contribution in [0.15, 0.2) is 107 Å². The van der Waals surface area contributed by atoms with Crippen molar-refractivity contribution in [3.8, 4) is 46.7 Å². The SMILES string of the molecule is CCC(C)(O)C#Cc1ccc(Oc2ccc(S(=O)(=O)c3ccc(Oc4cccc(C#CC(C)(O)CC)c4)cc3)cc2)cc1. The van der Waals surface area contributed by atoms with E-state index in [9.17, 15) is 18.6 Å². The van der Waals surface area contributed by atoms with Crippen LogP contribution in [-0.2, 0) is 9.84 Å². The van der Waals surface area contributed by atoms with E-state index in [1.807, 2.05) is 19.9 Å². The summed E-state index contributed by atoms with van der Waals surface area (Å²) < 4.78 is 38.2. The topological polar surface area (TPSA) is 93.1 Å². The molecule has 0 fully saturated rings. The number of hydrogen-bond donors (Lipinski definition) is 2. The van der Waals surface area contributed by atoms with Crippen LogP contribution in [0.1, 0.15) is 51.7 Å². The van der Waals surface area contributed by atoms with Crippen molar-refractivity contribution in [2.24, 2.45) is 0 Å². The predicted octanol–water partition coefficient (Wildman–Crippen LogP) is 7.13. The molecule has 0 bridgehead atoms. The van der Waals surface area contributed by atoms with Gasteiger partial charge in [-0.15, -0.1) is 0 Å². The molecule has 0 heterocycles. The Balaban J connectivity index is 1.41. The Kier molecular flexibility index (Phi) is 9.63. The molecule has 43 heavy (non-hydrogen) atoms. The van der Waals surface area contributed by atoms with Gasteiger partial charge in [0, 0.05) is 11.1 Å². The summed E-state index contributed by atoms with van der Waals surface area (Å²) in [6.45, 7) is 7.07. The second kappa shape index (κ2) is 13.2. The lowest BCUT2D eigenvalue weighted by molar-refractivity contribution is 0.117. The fraction of sp³-hybridized carbons (Fsp3) is 0.222. The summed E-state index contributed by atoms with van der Waals surface area (Å²) in [4.78, 5) is 0.269. The highest BCUT2D eigenvalue weighted by Crippen LogP contribution is 2.29. The van der Waals surface area contributed by atoms with Crippen molar-refractivity contribution >= 4 is 9.84 Å². The van der Waals surface area contributed by atoms with Crippen LogP contribution in [0.3, 0.4) is 0 Å². The molecule has 0 amide bonds. The van der Waals surface area contributed by atoms with Crippen molar-refractivity contribution in [1.29, 1.82) is 0 Å². The Labute approximate surface area is 253 Å². The van der Waals surface area contributed by atoms with Gasteiger partial charge in [-0.3, -0.25) is 0 Å². The fourth-order valence-corrected chi connectivity index (χ4v) is 4.88. The molecule has 4 aromatic carbocycles. The predicted molar refractivity (Wildman–Crippen MR) is 167 cm³/mol. The van der Waals surface area contributed by atoms with Gasteiger partial charge in [0.2, 0.25) is 9.84 Å². The van der Waals surface area contributed by atoms with Crippen LogP contribution in [0.2, 0.25) is 0 Å². The minimum atomic E-state index is -3.76. The second-order valence-corrected chi connectivity index (χ2v) is 12.4. The summed E-state index contributed by atoms with van der Waals surface area (Å²) in [7, 11) is -3.76. The largest absolute Gasteiger partial charge is 0.457 e. The number of rotatable bonds is 8. The zero-order valence-electron chi connectivity index (χ0n) is 24.6. The van der Waals surface area contributed by atoms with Crippen molar-refractivity contribution in [2.45, 2.75) is 61.5 Å². The molecule has 0 aliphatic carbocycles. The quantitative estimate of drug-likeness (QED) is 0.211. The molecule has 0 radical (unpaired) electrons. The monoisotopic (exact) mass is 594 g/mol. The summed E-state index contributed by atoms with van der Waals surface area (Å²) in [5, 5.41) is 20.2. The highest BCUT2D eigenvalue weighted by Gasteiger charge is 2.18. The third kappa shape index (κ3) is 8.73. The first-order valence-electron chi connectivity index (χ1n) is 13.9. The molecule has 220 valence electrons. The lowest BCUT2D eigenvalue weighted by Gasteiger charge is -2.12. The molecule has 2 N–H and O–H groups in total. The minimum Gasteiger partial charge on any atom is -0.457 e. The van der Waals surface area contributed by atoms with E-state index in [-0.39, 0.29) is 9.79 Å². The Bertz CT molecular complexity index is 1780.